The van der Waals surface area contributed by atoms with Gasteiger partial charge in [-0.2, -0.15) is 0 Å². The Balaban J connectivity index is 0.00000280. The van der Waals surface area contributed by atoms with E-state index in [1.807, 2.05) is 0 Å². The Kier molecular flexibility index (Phi) is 10.8. The summed E-state index contributed by atoms with van der Waals surface area (Å²) in [5, 5.41) is 7.13. The van der Waals surface area contributed by atoms with Crippen LogP contribution in [0.1, 0.15) is 65.2 Å². The zero-order valence-corrected chi connectivity index (χ0v) is 20.0. The number of guanidine groups is 1. The highest BCUT2D eigenvalue weighted by Crippen LogP contribution is 2.54. The van der Waals surface area contributed by atoms with Crippen molar-refractivity contribution in [2.24, 2.45) is 10.4 Å². The molecule has 2 aliphatic carbocycles. The lowest BCUT2D eigenvalue weighted by atomic mass is 9.60. The molecule has 2 atom stereocenters. The van der Waals surface area contributed by atoms with Gasteiger partial charge >= 0.3 is 0 Å². The predicted molar refractivity (Wildman–Crippen MR) is 124 cm³/mol. The van der Waals surface area contributed by atoms with E-state index >= 15 is 0 Å². The summed E-state index contributed by atoms with van der Waals surface area (Å²) in [6.45, 7) is 9.20. The van der Waals surface area contributed by atoms with Crippen LogP contribution in [0.5, 0.6) is 0 Å². The van der Waals surface area contributed by atoms with Crippen molar-refractivity contribution in [3.63, 3.8) is 0 Å². The molecule has 1 spiro atoms. The Morgan fingerprint density at radius 3 is 2.57 bits per heavy atom. The lowest BCUT2D eigenvalue weighted by Gasteiger charge is -2.54. The largest absolute Gasteiger partial charge is 0.381 e. The molecule has 164 valence electrons. The maximum atomic E-state index is 6.03. The van der Waals surface area contributed by atoms with Crippen molar-refractivity contribution in [3.05, 3.63) is 0 Å². The van der Waals surface area contributed by atoms with E-state index in [1.165, 1.54) is 25.7 Å². The first kappa shape index (κ1) is 24.2. The van der Waals surface area contributed by atoms with Gasteiger partial charge in [0.1, 0.15) is 0 Å². The first-order valence-electron chi connectivity index (χ1n) is 11.1. The van der Waals surface area contributed by atoms with Crippen molar-refractivity contribution < 1.29 is 14.2 Å². The van der Waals surface area contributed by atoms with Crippen LogP contribution in [0, 0.1) is 5.41 Å². The average molecular weight is 509 g/mol. The maximum Gasteiger partial charge on any atom is 0.191 e. The van der Waals surface area contributed by atoms with Crippen molar-refractivity contribution in [1.29, 1.82) is 0 Å². The molecule has 1 saturated heterocycles. The molecule has 2 N–H and O–H groups in total. The second kappa shape index (κ2) is 12.5. The highest BCUT2D eigenvalue weighted by molar-refractivity contribution is 14.0. The topological polar surface area (TPSA) is 64.1 Å². The molecule has 1 heterocycles. The monoisotopic (exact) mass is 509 g/mol. The molecule has 7 heteroatoms. The van der Waals surface area contributed by atoms with Gasteiger partial charge in [-0.25, -0.2) is 0 Å². The minimum absolute atomic E-state index is 0. The number of nitrogens with one attached hydrogen (secondary N) is 2. The van der Waals surface area contributed by atoms with Gasteiger partial charge in [-0.3, -0.25) is 4.99 Å². The highest BCUT2D eigenvalue weighted by Gasteiger charge is 2.56. The minimum Gasteiger partial charge on any atom is -0.381 e. The van der Waals surface area contributed by atoms with Crippen molar-refractivity contribution in [2.75, 3.05) is 39.5 Å². The molecule has 28 heavy (non-hydrogen) atoms. The van der Waals surface area contributed by atoms with E-state index < -0.39 is 0 Å². The quantitative estimate of drug-likeness (QED) is 0.216. The third kappa shape index (κ3) is 6.19. The molecular weight excluding hydrogens is 469 g/mol. The summed E-state index contributed by atoms with van der Waals surface area (Å²) in [5.74, 6) is 0.954. The van der Waals surface area contributed by atoms with Gasteiger partial charge in [-0.1, -0.05) is 12.8 Å². The van der Waals surface area contributed by atoms with Crippen LogP contribution in [0.3, 0.4) is 0 Å². The molecule has 3 aliphatic rings. The first-order valence-corrected chi connectivity index (χ1v) is 11.1. The van der Waals surface area contributed by atoms with E-state index in [1.54, 1.807) is 0 Å². The number of hydrogen-bond donors (Lipinski definition) is 2. The Morgan fingerprint density at radius 2 is 1.89 bits per heavy atom. The molecule has 2 unspecified atom stereocenters. The van der Waals surface area contributed by atoms with Gasteiger partial charge in [0.15, 0.2) is 5.96 Å². The van der Waals surface area contributed by atoms with Gasteiger partial charge in [0.25, 0.3) is 0 Å². The molecule has 6 nitrogen and oxygen atoms in total. The molecule has 0 aromatic heterocycles. The molecule has 3 rings (SSSR count). The molecular formula is C21H40IN3O3. The van der Waals surface area contributed by atoms with Gasteiger partial charge in [-0.05, 0) is 52.4 Å². The van der Waals surface area contributed by atoms with Crippen LogP contribution < -0.4 is 10.6 Å². The molecule has 2 saturated carbocycles. The zero-order chi connectivity index (χ0) is 19.0. The van der Waals surface area contributed by atoms with E-state index in [4.69, 9.17) is 19.2 Å². The third-order valence-corrected chi connectivity index (χ3v) is 6.44. The summed E-state index contributed by atoms with van der Waals surface area (Å²) >= 11 is 0. The van der Waals surface area contributed by atoms with Crippen LogP contribution in [-0.2, 0) is 14.2 Å². The summed E-state index contributed by atoms with van der Waals surface area (Å²) in [6, 6.07) is 0.493. The van der Waals surface area contributed by atoms with Crippen LogP contribution in [0.4, 0.5) is 0 Å². The summed E-state index contributed by atoms with van der Waals surface area (Å²) in [4.78, 5) is 4.79. The molecule has 3 fully saturated rings. The summed E-state index contributed by atoms with van der Waals surface area (Å²) in [5.41, 5.74) is 0.332. The SMILES string of the molecule is CCNC(=NCCCOC1CCOCC1)NC1CC(OCC)C12CCCC2.I. The summed E-state index contributed by atoms with van der Waals surface area (Å²) in [7, 11) is 0. The standard InChI is InChI=1S/C21H39N3O3.HI/c1-3-22-20(23-12-7-13-27-17-8-14-25-15-9-17)24-18-16-19(26-4-2)21(18)10-5-6-11-21;/h17-19H,3-16H2,1-2H3,(H2,22,23,24);1H. The number of hydrogen-bond acceptors (Lipinski definition) is 4. The number of nitrogens with zero attached hydrogens (tertiary/aromatic N) is 1. The molecule has 0 aromatic carbocycles. The second-order valence-corrected chi connectivity index (χ2v) is 8.11. The van der Waals surface area contributed by atoms with Crippen LogP contribution >= 0.6 is 24.0 Å². The van der Waals surface area contributed by atoms with Gasteiger partial charge in [-0.15, -0.1) is 24.0 Å². The smallest absolute Gasteiger partial charge is 0.191 e. The lowest BCUT2D eigenvalue weighted by Crippen LogP contribution is -2.65. The Hall–Kier alpha value is -0.120. The van der Waals surface area contributed by atoms with E-state index in [0.29, 0.717) is 23.7 Å². The normalized spacial score (nSPS) is 27.3. The second-order valence-electron chi connectivity index (χ2n) is 8.11. The van der Waals surface area contributed by atoms with Crippen molar-refractivity contribution >= 4 is 29.9 Å². The zero-order valence-electron chi connectivity index (χ0n) is 17.7. The number of halogens is 1. The average Bonchev–Trinajstić information content (AvgIpc) is 3.21. The number of rotatable bonds is 9. The lowest BCUT2D eigenvalue weighted by molar-refractivity contribution is -0.125. The van der Waals surface area contributed by atoms with Crippen LogP contribution in [-0.4, -0.2) is 63.7 Å². The maximum absolute atomic E-state index is 6.03. The van der Waals surface area contributed by atoms with Gasteiger partial charge in [0.2, 0.25) is 0 Å². The third-order valence-electron chi connectivity index (χ3n) is 6.44. The molecule has 0 aromatic rings. The van der Waals surface area contributed by atoms with Crippen molar-refractivity contribution in [3.8, 4) is 0 Å². The molecule has 0 amide bonds. The van der Waals surface area contributed by atoms with Gasteiger partial charge in [0, 0.05) is 51.0 Å². The number of aliphatic imine (C=N–C) groups is 1. The van der Waals surface area contributed by atoms with E-state index in [0.717, 1.165) is 71.2 Å². The number of ether oxygens (including phenoxy) is 3. The summed E-state index contributed by atoms with van der Waals surface area (Å²) < 4.78 is 17.4. The minimum atomic E-state index is 0. The Morgan fingerprint density at radius 1 is 1.14 bits per heavy atom. The van der Waals surface area contributed by atoms with Gasteiger partial charge in [0.05, 0.1) is 12.2 Å². The first-order chi connectivity index (χ1) is 13.3. The molecule has 1 aliphatic heterocycles. The van der Waals surface area contributed by atoms with E-state index in [9.17, 15) is 0 Å². The van der Waals surface area contributed by atoms with Crippen molar-refractivity contribution in [1.82, 2.24) is 10.6 Å². The fraction of sp³-hybridized carbons (Fsp3) is 0.952. The predicted octanol–water partition coefficient (Wildman–Crippen LogP) is 3.48. The van der Waals surface area contributed by atoms with Crippen molar-refractivity contribution in [2.45, 2.75) is 83.5 Å². The van der Waals surface area contributed by atoms with Crippen LogP contribution in [0.2, 0.25) is 0 Å². The molecule has 0 radical (unpaired) electrons. The Labute approximate surface area is 188 Å². The highest BCUT2D eigenvalue weighted by atomic mass is 127. The van der Waals surface area contributed by atoms with E-state index in [-0.39, 0.29) is 24.0 Å². The van der Waals surface area contributed by atoms with Crippen LogP contribution in [0.15, 0.2) is 4.99 Å². The summed E-state index contributed by atoms with van der Waals surface area (Å²) in [6.07, 6.45) is 10.2. The van der Waals surface area contributed by atoms with Gasteiger partial charge < -0.3 is 24.8 Å². The Bertz CT molecular complexity index is 466. The van der Waals surface area contributed by atoms with E-state index in [2.05, 4.69) is 24.5 Å². The van der Waals surface area contributed by atoms with Crippen LogP contribution in [0.25, 0.3) is 0 Å². The fourth-order valence-corrected chi connectivity index (χ4v) is 4.92. The molecule has 0 bridgehead atoms. The fourth-order valence-electron chi connectivity index (χ4n) is 4.92.